The SMILES string of the molecule is CCC(I)CCCCCCCCCC(OC)(OC)OC. The lowest BCUT2D eigenvalue weighted by Gasteiger charge is -2.28. The van der Waals surface area contributed by atoms with Crippen molar-refractivity contribution in [2.24, 2.45) is 0 Å². The second-order valence-corrected chi connectivity index (χ2v) is 7.08. The fourth-order valence-corrected chi connectivity index (χ4v) is 2.79. The Morgan fingerprint density at radius 3 is 1.70 bits per heavy atom. The number of halogens is 1. The highest BCUT2D eigenvalue weighted by molar-refractivity contribution is 14.1. The van der Waals surface area contributed by atoms with Gasteiger partial charge in [-0.3, -0.25) is 0 Å². The molecule has 0 aromatic rings. The smallest absolute Gasteiger partial charge is 0.282 e. The van der Waals surface area contributed by atoms with Crippen molar-refractivity contribution in [1.29, 1.82) is 0 Å². The van der Waals surface area contributed by atoms with Gasteiger partial charge >= 0.3 is 0 Å². The first-order valence-corrected chi connectivity index (χ1v) is 9.18. The predicted molar refractivity (Wildman–Crippen MR) is 93.4 cm³/mol. The highest BCUT2D eigenvalue weighted by Crippen LogP contribution is 2.21. The molecule has 20 heavy (non-hydrogen) atoms. The van der Waals surface area contributed by atoms with Gasteiger partial charge in [-0.05, 0) is 19.3 Å². The van der Waals surface area contributed by atoms with Crippen LogP contribution in [0.25, 0.3) is 0 Å². The molecule has 3 nitrogen and oxygen atoms in total. The Hall–Kier alpha value is 0.610. The lowest BCUT2D eigenvalue weighted by atomic mass is 10.1. The molecule has 0 N–H and O–H groups in total. The van der Waals surface area contributed by atoms with E-state index in [9.17, 15) is 0 Å². The first-order valence-electron chi connectivity index (χ1n) is 7.93. The van der Waals surface area contributed by atoms with E-state index in [1.165, 1.54) is 51.4 Å². The van der Waals surface area contributed by atoms with Gasteiger partial charge in [-0.2, -0.15) is 0 Å². The Balaban J connectivity index is 3.40. The van der Waals surface area contributed by atoms with Crippen molar-refractivity contribution in [3.05, 3.63) is 0 Å². The van der Waals surface area contributed by atoms with Gasteiger partial charge in [-0.25, -0.2) is 0 Å². The van der Waals surface area contributed by atoms with Crippen LogP contribution in [0.4, 0.5) is 0 Å². The molecular formula is C16H33IO3. The maximum Gasteiger partial charge on any atom is 0.282 e. The molecule has 0 aromatic carbocycles. The van der Waals surface area contributed by atoms with Gasteiger partial charge in [0.05, 0.1) is 0 Å². The summed E-state index contributed by atoms with van der Waals surface area (Å²) in [6, 6.07) is 0. The van der Waals surface area contributed by atoms with Gasteiger partial charge in [0.15, 0.2) is 0 Å². The first-order chi connectivity index (χ1) is 9.64. The molecule has 1 atom stereocenters. The second kappa shape index (κ2) is 13.3. The third-order valence-electron chi connectivity index (χ3n) is 3.88. The fourth-order valence-electron chi connectivity index (χ4n) is 2.35. The van der Waals surface area contributed by atoms with E-state index in [2.05, 4.69) is 29.5 Å². The monoisotopic (exact) mass is 400 g/mol. The van der Waals surface area contributed by atoms with Gasteiger partial charge < -0.3 is 14.2 Å². The molecule has 0 bridgehead atoms. The average Bonchev–Trinajstić information content (AvgIpc) is 2.49. The van der Waals surface area contributed by atoms with E-state index in [4.69, 9.17) is 14.2 Å². The molecule has 1 unspecified atom stereocenters. The molecule has 0 spiro atoms. The molecule has 4 heteroatoms. The molecule has 0 aromatic heterocycles. The Kier molecular flexibility index (Phi) is 13.7. The van der Waals surface area contributed by atoms with Crippen LogP contribution < -0.4 is 0 Å². The minimum atomic E-state index is -0.838. The molecule has 0 saturated carbocycles. The van der Waals surface area contributed by atoms with E-state index >= 15 is 0 Å². The quantitative estimate of drug-likeness (QED) is 0.171. The van der Waals surface area contributed by atoms with E-state index in [1.54, 1.807) is 21.3 Å². The Labute approximate surface area is 139 Å². The van der Waals surface area contributed by atoms with Gasteiger partial charge in [0.1, 0.15) is 0 Å². The van der Waals surface area contributed by atoms with Crippen LogP contribution >= 0.6 is 22.6 Å². The zero-order valence-corrected chi connectivity index (χ0v) is 15.9. The molecule has 0 aliphatic rings. The number of unbranched alkanes of at least 4 members (excludes halogenated alkanes) is 6. The Morgan fingerprint density at radius 1 is 0.800 bits per heavy atom. The minimum Gasteiger partial charge on any atom is -0.331 e. The average molecular weight is 400 g/mol. The zero-order chi connectivity index (χ0) is 15.3. The number of ether oxygens (including phenoxy) is 3. The fraction of sp³-hybridized carbons (Fsp3) is 1.00. The van der Waals surface area contributed by atoms with E-state index in [0.29, 0.717) is 0 Å². The summed E-state index contributed by atoms with van der Waals surface area (Å²) in [5.74, 6) is -0.838. The van der Waals surface area contributed by atoms with E-state index < -0.39 is 5.97 Å². The molecule has 0 rings (SSSR count). The van der Waals surface area contributed by atoms with Crippen molar-refractivity contribution in [3.63, 3.8) is 0 Å². The number of hydrogen-bond donors (Lipinski definition) is 0. The maximum atomic E-state index is 5.28. The van der Waals surface area contributed by atoms with Gasteiger partial charge in [0.2, 0.25) is 0 Å². The molecule has 0 amide bonds. The highest BCUT2D eigenvalue weighted by atomic mass is 127. The molecule has 0 aliphatic heterocycles. The van der Waals surface area contributed by atoms with E-state index in [0.717, 1.165) is 16.8 Å². The van der Waals surface area contributed by atoms with Crippen LogP contribution in [0.15, 0.2) is 0 Å². The Bertz CT molecular complexity index is 200. The van der Waals surface area contributed by atoms with Crippen molar-refractivity contribution >= 4 is 22.6 Å². The van der Waals surface area contributed by atoms with Gasteiger partial charge in [0, 0.05) is 31.7 Å². The Morgan fingerprint density at radius 2 is 1.25 bits per heavy atom. The molecule has 0 aliphatic carbocycles. The third kappa shape index (κ3) is 9.53. The molecule has 0 heterocycles. The number of hydrogen-bond acceptors (Lipinski definition) is 3. The van der Waals surface area contributed by atoms with Gasteiger partial charge in [-0.15, -0.1) is 0 Å². The second-order valence-electron chi connectivity index (χ2n) is 5.31. The van der Waals surface area contributed by atoms with Gasteiger partial charge in [-0.1, -0.05) is 68.0 Å². The van der Waals surface area contributed by atoms with Crippen molar-refractivity contribution in [3.8, 4) is 0 Å². The zero-order valence-electron chi connectivity index (χ0n) is 13.8. The van der Waals surface area contributed by atoms with Crippen LogP contribution in [0.1, 0.15) is 71.1 Å². The van der Waals surface area contributed by atoms with Gasteiger partial charge in [0.25, 0.3) is 5.97 Å². The van der Waals surface area contributed by atoms with Crippen molar-refractivity contribution in [2.45, 2.75) is 81.0 Å². The summed E-state index contributed by atoms with van der Waals surface area (Å²) in [5, 5.41) is 0. The molecule has 122 valence electrons. The van der Waals surface area contributed by atoms with Crippen LogP contribution in [-0.4, -0.2) is 31.2 Å². The van der Waals surface area contributed by atoms with Crippen LogP contribution in [0, 0.1) is 0 Å². The predicted octanol–water partition coefficient (Wildman–Crippen LogP) is 5.30. The topological polar surface area (TPSA) is 27.7 Å². The summed E-state index contributed by atoms with van der Waals surface area (Å²) in [6.45, 7) is 2.27. The highest BCUT2D eigenvalue weighted by Gasteiger charge is 2.28. The molecule has 0 radical (unpaired) electrons. The standard InChI is InChI=1S/C16H33IO3/c1-5-15(17)13-11-9-7-6-8-10-12-14-16(18-2,19-3)20-4/h15H,5-14H2,1-4H3. The number of rotatable bonds is 14. The van der Waals surface area contributed by atoms with Crippen molar-refractivity contribution < 1.29 is 14.2 Å². The van der Waals surface area contributed by atoms with Crippen LogP contribution in [0.2, 0.25) is 0 Å². The minimum absolute atomic E-state index is 0.795. The summed E-state index contributed by atoms with van der Waals surface area (Å²) in [6.07, 6.45) is 12.6. The summed E-state index contributed by atoms with van der Waals surface area (Å²) >= 11 is 2.57. The van der Waals surface area contributed by atoms with Crippen molar-refractivity contribution in [2.75, 3.05) is 21.3 Å². The summed E-state index contributed by atoms with van der Waals surface area (Å²) in [4.78, 5) is 0. The molecule has 0 fully saturated rings. The lowest BCUT2D eigenvalue weighted by molar-refractivity contribution is -0.355. The number of alkyl halides is 1. The summed E-state index contributed by atoms with van der Waals surface area (Å²) < 4.78 is 16.7. The molecular weight excluding hydrogens is 367 g/mol. The lowest BCUT2D eigenvalue weighted by Crippen LogP contribution is -2.35. The maximum absolute atomic E-state index is 5.28. The summed E-state index contributed by atoms with van der Waals surface area (Å²) in [5.41, 5.74) is 0. The van der Waals surface area contributed by atoms with Crippen LogP contribution in [0.3, 0.4) is 0 Å². The van der Waals surface area contributed by atoms with E-state index in [1.807, 2.05) is 0 Å². The van der Waals surface area contributed by atoms with E-state index in [-0.39, 0.29) is 0 Å². The number of methoxy groups -OCH3 is 3. The molecule has 0 saturated heterocycles. The van der Waals surface area contributed by atoms with Crippen LogP contribution in [0.5, 0.6) is 0 Å². The third-order valence-corrected chi connectivity index (χ3v) is 5.38. The van der Waals surface area contributed by atoms with Crippen LogP contribution in [-0.2, 0) is 14.2 Å². The van der Waals surface area contributed by atoms with Crippen molar-refractivity contribution in [1.82, 2.24) is 0 Å². The largest absolute Gasteiger partial charge is 0.331 e. The summed E-state index contributed by atoms with van der Waals surface area (Å²) in [7, 11) is 4.89. The normalized spacial score (nSPS) is 13.7. The first kappa shape index (κ1) is 20.6.